The summed E-state index contributed by atoms with van der Waals surface area (Å²) in [4.78, 5) is 11.1. The highest BCUT2D eigenvalue weighted by atomic mass is 35.5. The lowest BCUT2D eigenvalue weighted by atomic mass is 10.1. The molecule has 3 nitrogen and oxygen atoms in total. The molecule has 0 bridgehead atoms. The number of aryl methyl sites for hydroxylation is 1. The summed E-state index contributed by atoms with van der Waals surface area (Å²) in [5, 5.41) is 9.53. The van der Waals surface area contributed by atoms with Gasteiger partial charge < -0.3 is 9.84 Å². The summed E-state index contributed by atoms with van der Waals surface area (Å²) in [6.07, 6.45) is 0. The van der Waals surface area contributed by atoms with Crippen molar-refractivity contribution in [1.82, 2.24) is 0 Å². The molecule has 2 aromatic carbocycles. The van der Waals surface area contributed by atoms with Crippen molar-refractivity contribution in [3.63, 3.8) is 0 Å². The average Bonchev–Trinajstić information content (AvgIpc) is 2.32. The fraction of sp³-hybridized carbons (Fsp3) is 0.0714. The molecule has 92 valence electrons. The lowest BCUT2D eigenvalue weighted by Gasteiger charge is -2.10. The van der Waals surface area contributed by atoms with Gasteiger partial charge in [-0.05, 0) is 36.8 Å². The number of para-hydroxylation sites is 1. The molecule has 0 radical (unpaired) electrons. The average molecular weight is 263 g/mol. The molecule has 0 unspecified atom stereocenters. The normalized spacial score (nSPS) is 10.1. The predicted molar refractivity (Wildman–Crippen MR) is 69.7 cm³/mol. The second-order valence-electron chi connectivity index (χ2n) is 3.84. The first-order valence-corrected chi connectivity index (χ1v) is 5.72. The zero-order chi connectivity index (χ0) is 13.1. The van der Waals surface area contributed by atoms with Gasteiger partial charge in [0.25, 0.3) is 0 Å². The van der Waals surface area contributed by atoms with E-state index in [1.165, 1.54) is 6.07 Å². The van der Waals surface area contributed by atoms with Crippen LogP contribution in [0.2, 0.25) is 5.02 Å². The Hall–Kier alpha value is -2.00. The van der Waals surface area contributed by atoms with Crippen molar-refractivity contribution < 1.29 is 14.6 Å². The third kappa shape index (κ3) is 2.63. The van der Waals surface area contributed by atoms with Crippen LogP contribution in [0.25, 0.3) is 0 Å². The Kier molecular flexibility index (Phi) is 3.53. The van der Waals surface area contributed by atoms with E-state index in [0.717, 1.165) is 5.56 Å². The molecule has 0 aromatic heterocycles. The summed E-state index contributed by atoms with van der Waals surface area (Å²) in [5.41, 5.74) is 1.03. The maximum Gasteiger partial charge on any atom is 0.339 e. The molecule has 0 atom stereocenters. The number of hydrogen-bond acceptors (Lipinski definition) is 2. The van der Waals surface area contributed by atoms with Crippen LogP contribution in [-0.4, -0.2) is 11.1 Å². The van der Waals surface area contributed by atoms with E-state index in [9.17, 15) is 4.79 Å². The van der Waals surface area contributed by atoms with Crippen LogP contribution in [0.15, 0.2) is 42.5 Å². The standard InChI is InChI=1S/C14H11ClO3/c1-9-6-7-10(14(16)17)13(8-9)18-12-5-3-2-4-11(12)15/h2-8H,1H3,(H,16,17). The monoisotopic (exact) mass is 262 g/mol. The van der Waals surface area contributed by atoms with E-state index in [4.69, 9.17) is 21.4 Å². The van der Waals surface area contributed by atoms with Gasteiger partial charge in [0, 0.05) is 0 Å². The third-order valence-corrected chi connectivity index (χ3v) is 2.74. The summed E-state index contributed by atoms with van der Waals surface area (Å²) in [6.45, 7) is 1.87. The number of carboxylic acids is 1. The van der Waals surface area contributed by atoms with Crippen molar-refractivity contribution in [2.75, 3.05) is 0 Å². The number of halogens is 1. The number of rotatable bonds is 3. The van der Waals surface area contributed by atoms with Crippen molar-refractivity contribution >= 4 is 17.6 Å². The minimum Gasteiger partial charge on any atom is -0.478 e. The molecule has 0 aliphatic heterocycles. The minimum atomic E-state index is -1.03. The summed E-state index contributed by atoms with van der Waals surface area (Å²) in [6, 6.07) is 11.9. The van der Waals surface area contributed by atoms with Crippen molar-refractivity contribution in [3.05, 3.63) is 58.6 Å². The molecule has 18 heavy (non-hydrogen) atoms. The second-order valence-corrected chi connectivity index (χ2v) is 4.24. The largest absolute Gasteiger partial charge is 0.478 e. The van der Waals surface area contributed by atoms with E-state index >= 15 is 0 Å². The number of benzene rings is 2. The SMILES string of the molecule is Cc1ccc(C(=O)O)c(Oc2ccccc2Cl)c1. The van der Waals surface area contributed by atoms with Gasteiger partial charge in [-0.3, -0.25) is 0 Å². The van der Waals surface area contributed by atoms with Crippen LogP contribution >= 0.6 is 11.6 Å². The Balaban J connectivity index is 2.42. The van der Waals surface area contributed by atoms with E-state index in [1.54, 1.807) is 36.4 Å². The highest BCUT2D eigenvalue weighted by Crippen LogP contribution is 2.31. The first-order chi connectivity index (χ1) is 8.58. The van der Waals surface area contributed by atoms with E-state index in [-0.39, 0.29) is 11.3 Å². The minimum absolute atomic E-state index is 0.112. The topological polar surface area (TPSA) is 46.5 Å². The molecule has 0 fully saturated rings. The Morgan fingerprint density at radius 1 is 1.17 bits per heavy atom. The Morgan fingerprint density at radius 2 is 1.89 bits per heavy atom. The molecular weight excluding hydrogens is 252 g/mol. The van der Waals surface area contributed by atoms with Crippen LogP contribution in [0, 0.1) is 6.92 Å². The smallest absolute Gasteiger partial charge is 0.339 e. The fourth-order valence-corrected chi connectivity index (χ4v) is 1.71. The second kappa shape index (κ2) is 5.10. The van der Waals surface area contributed by atoms with Crippen LogP contribution in [0.5, 0.6) is 11.5 Å². The van der Waals surface area contributed by atoms with Crippen molar-refractivity contribution in [3.8, 4) is 11.5 Å². The molecule has 0 aliphatic carbocycles. The van der Waals surface area contributed by atoms with Gasteiger partial charge in [0.15, 0.2) is 0 Å². The highest BCUT2D eigenvalue weighted by Gasteiger charge is 2.13. The first kappa shape index (κ1) is 12.5. The van der Waals surface area contributed by atoms with Crippen LogP contribution < -0.4 is 4.74 Å². The summed E-state index contributed by atoms with van der Waals surface area (Å²) in [7, 11) is 0. The number of carbonyl (C=O) groups is 1. The maximum absolute atomic E-state index is 11.1. The van der Waals surface area contributed by atoms with Crippen LogP contribution in [0.1, 0.15) is 15.9 Å². The van der Waals surface area contributed by atoms with E-state index in [1.807, 2.05) is 6.92 Å². The highest BCUT2D eigenvalue weighted by molar-refractivity contribution is 6.32. The number of hydrogen-bond donors (Lipinski definition) is 1. The third-order valence-electron chi connectivity index (χ3n) is 2.42. The molecule has 2 rings (SSSR count). The molecule has 1 N–H and O–H groups in total. The quantitative estimate of drug-likeness (QED) is 0.904. The predicted octanol–water partition coefficient (Wildman–Crippen LogP) is 4.14. The van der Waals surface area contributed by atoms with Gasteiger partial charge in [-0.25, -0.2) is 4.79 Å². The van der Waals surface area contributed by atoms with Crippen molar-refractivity contribution in [1.29, 1.82) is 0 Å². The van der Waals surface area contributed by atoms with Crippen LogP contribution in [0.3, 0.4) is 0 Å². The molecule has 0 heterocycles. The van der Waals surface area contributed by atoms with Gasteiger partial charge in [-0.15, -0.1) is 0 Å². The van der Waals surface area contributed by atoms with Gasteiger partial charge in [0.05, 0.1) is 5.02 Å². The molecule has 0 spiro atoms. The van der Waals surface area contributed by atoms with Crippen LogP contribution in [0.4, 0.5) is 0 Å². The molecule has 0 aliphatic rings. The van der Waals surface area contributed by atoms with E-state index in [0.29, 0.717) is 10.8 Å². The van der Waals surface area contributed by atoms with Gasteiger partial charge in [-0.2, -0.15) is 0 Å². The molecular formula is C14H11ClO3. The zero-order valence-corrected chi connectivity index (χ0v) is 10.4. The Labute approximate surface area is 110 Å². The summed E-state index contributed by atoms with van der Waals surface area (Å²) in [5.74, 6) is -0.306. The Bertz CT molecular complexity index is 593. The summed E-state index contributed by atoms with van der Waals surface area (Å²) < 4.78 is 5.57. The van der Waals surface area contributed by atoms with Gasteiger partial charge in [0.1, 0.15) is 17.1 Å². The fourth-order valence-electron chi connectivity index (χ4n) is 1.54. The van der Waals surface area contributed by atoms with E-state index < -0.39 is 5.97 Å². The van der Waals surface area contributed by atoms with E-state index in [2.05, 4.69) is 0 Å². The van der Waals surface area contributed by atoms with Crippen molar-refractivity contribution in [2.24, 2.45) is 0 Å². The first-order valence-electron chi connectivity index (χ1n) is 5.34. The molecule has 0 amide bonds. The molecule has 0 saturated carbocycles. The lowest BCUT2D eigenvalue weighted by Crippen LogP contribution is -2.00. The Morgan fingerprint density at radius 3 is 2.56 bits per heavy atom. The molecule has 2 aromatic rings. The zero-order valence-electron chi connectivity index (χ0n) is 9.68. The molecule has 0 saturated heterocycles. The number of aromatic carboxylic acids is 1. The number of ether oxygens (including phenoxy) is 1. The summed E-state index contributed by atoms with van der Waals surface area (Å²) >= 11 is 5.97. The molecule has 4 heteroatoms. The lowest BCUT2D eigenvalue weighted by molar-refractivity contribution is 0.0694. The van der Waals surface area contributed by atoms with Crippen LogP contribution in [-0.2, 0) is 0 Å². The maximum atomic E-state index is 11.1. The van der Waals surface area contributed by atoms with Gasteiger partial charge >= 0.3 is 5.97 Å². The van der Waals surface area contributed by atoms with Crippen molar-refractivity contribution in [2.45, 2.75) is 6.92 Å². The van der Waals surface area contributed by atoms with Gasteiger partial charge in [-0.1, -0.05) is 29.8 Å². The number of carboxylic acid groups (broad SMARTS) is 1. The van der Waals surface area contributed by atoms with Gasteiger partial charge in [0.2, 0.25) is 0 Å².